The predicted molar refractivity (Wildman–Crippen MR) is 82.2 cm³/mol. The monoisotopic (exact) mass is 294 g/mol. The normalized spacial score (nSPS) is 19.3. The molecule has 1 atom stereocenters. The van der Waals surface area contributed by atoms with Crippen molar-refractivity contribution in [1.29, 1.82) is 0 Å². The van der Waals surface area contributed by atoms with Crippen molar-refractivity contribution in [2.24, 2.45) is 5.92 Å². The molecule has 0 aromatic heterocycles. The van der Waals surface area contributed by atoms with Crippen molar-refractivity contribution in [3.63, 3.8) is 0 Å². The number of carboxylic acid groups (broad SMARTS) is 1. The minimum atomic E-state index is -1.17. The molecule has 1 aromatic carbocycles. The Bertz CT molecular complexity index is 519. The van der Waals surface area contributed by atoms with Gasteiger partial charge in [-0.15, -0.1) is 0 Å². The minimum Gasteiger partial charge on any atom is -0.478 e. The van der Waals surface area contributed by atoms with E-state index in [9.17, 15) is 14.3 Å². The average Bonchev–Trinajstić information content (AvgIpc) is 2.67. The molecule has 0 saturated carbocycles. The first-order valence-corrected chi connectivity index (χ1v) is 7.60. The molecule has 0 aliphatic carbocycles. The fourth-order valence-corrected chi connectivity index (χ4v) is 3.17. The highest BCUT2D eigenvalue weighted by Gasteiger charge is 2.23. The standard InChI is InChI=1S/C16H23FN2O2/c1-2-4-11-5-3-9-19(10-8-11)13-7-6-12(17)15(18)14(13)16(20)21/h6-7,11H,2-5,8-10,18H2,1H3,(H,20,21). The summed E-state index contributed by atoms with van der Waals surface area (Å²) in [5.74, 6) is -1.14. The molecule has 1 unspecified atom stereocenters. The van der Waals surface area contributed by atoms with Crippen molar-refractivity contribution in [3.8, 4) is 0 Å². The Morgan fingerprint density at radius 1 is 1.43 bits per heavy atom. The van der Waals surface area contributed by atoms with Gasteiger partial charge in [0.2, 0.25) is 0 Å². The van der Waals surface area contributed by atoms with E-state index in [1.807, 2.05) is 4.90 Å². The first-order valence-electron chi connectivity index (χ1n) is 7.60. The van der Waals surface area contributed by atoms with E-state index in [4.69, 9.17) is 5.73 Å². The number of carboxylic acids is 1. The number of benzene rings is 1. The molecule has 0 amide bonds. The van der Waals surface area contributed by atoms with Crippen LogP contribution >= 0.6 is 0 Å². The number of nitrogens with two attached hydrogens (primary N) is 1. The number of hydrogen-bond acceptors (Lipinski definition) is 3. The Morgan fingerprint density at radius 2 is 2.19 bits per heavy atom. The second kappa shape index (κ2) is 6.78. The van der Waals surface area contributed by atoms with Crippen LogP contribution in [0.4, 0.5) is 15.8 Å². The van der Waals surface area contributed by atoms with Gasteiger partial charge >= 0.3 is 5.97 Å². The van der Waals surface area contributed by atoms with Gasteiger partial charge in [0.05, 0.1) is 11.4 Å². The molecular formula is C16H23FN2O2. The van der Waals surface area contributed by atoms with Gasteiger partial charge in [-0.1, -0.05) is 19.8 Å². The zero-order chi connectivity index (χ0) is 15.4. The summed E-state index contributed by atoms with van der Waals surface area (Å²) in [5, 5.41) is 9.33. The largest absolute Gasteiger partial charge is 0.478 e. The van der Waals surface area contributed by atoms with Crippen LogP contribution in [-0.2, 0) is 0 Å². The lowest BCUT2D eigenvalue weighted by molar-refractivity contribution is 0.0698. The van der Waals surface area contributed by atoms with Crippen LogP contribution in [0.1, 0.15) is 49.4 Å². The van der Waals surface area contributed by atoms with Gasteiger partial charge in [0, 0.05) is 13.1 Å². The number of aromatic carboxylic acids is 1. The zero-order valence-corrected chi connectivity index (χ0v) is 12.4. The predicted octanol–water partition coefficient (Wildman–Crippen LogP) is 3.51. The van der Waals surface area contributed by atoms with Crippen LogP contribution in [-0.4, -0.2) is 24.2 Å². The van der Waals surface area contributed by atoms with E-state index in [1.165, 1.54) is 31.4 Å². The van der Waals surface area contributed by atoms with E-state index in [0.717, 1.165) is 25.9 Å². The molecule has 1 fully saturated rings. The second-order valence-electron chi connectivity index (χ2n) is 5.73. The summed E-state index contributed by atoms with van der Waals surface area (Å²) in [6.07, 6.45) is 5.63. The summed E-state index contributed by atoms with van der Waals surface area (Å²) in [6.45, 7) is 3.79. The van der Waals surface area contributed by atoms with Crippen molar-refractivity contribution < 1.29 is 14.3 Å². The quantitative estimate of drug-likeness (QED) is 0.834. The fraction of sp³-hybridized carbons (Fsp3) is 0.562. The minimum absolute atomic E-state index is 0.107. The van der Waals surface area contributed by atoms with E-state index in [0.29, 0.717) is 11.6 Å². The smallest absolute Gasteiger partial charge is 0.340 e. The van der Waals surface area contributed by atoms with Crippen molar-refractivity contribution in [2.45, 2.75) is 39.0 Å². The van der Waals surface area contributed by atoms with Crippen LogP contribution < -0.4 is 10.6 Å². The van der Waals surface area contributed by atoms with Gasteiger partial charge < -0.3 is 15.7 Å². The molecule has 5 heteroatoms. The molecule has 2 rings (SSSR count). The Labute approximate surface area is 124 Å². The topological polar surface area (TPSA) is 66.6 Å². The maximum Gasteiger partial charge on any atom is 0.340 e. The van der Waals surface area contributed by atoms with E-state index in [1.54, 1.807) is 0 Å². The summed E-state index contributed by atoms with van der Waals surface area (Å²) in [7, 11) is 0. The molecule has 1 aromatic rings. The Kier molecular flexibility index (Phi) is 5.04. The summed E-state index contributed by atoms with van der Waals surface area (Å²) in [5.41, 5.74) is 5.79. The SMILES string of the molecule is CCCC1CCCN(c2ccc(F)c(N)c2C(=O)O)CC1. The van der Waals surface area contributed by atoms with Gasteiger partial charge in [-0.3, -0.25) is 0 Å². The number of nitrogens with zero attached hydrogens (tertiary/aromatic N) is 1. The van der Waals surface area contributed by atoms with Crippen LogP contribution in [0.2, 0.25) is 0 Å². The lowest BCUT2D eigenvalue weighted by atomic mass is 9.96. The number of hydrogen-bond donors (Lipinski definition) is 2. The highest BCUT2D eigenvalue weighted by molar-refractivity contribution is 6.00. The number of rotatable bonds is 4. The van der Waals surface area contributed by atoms with Crippen molar-refractivity contribution in [1.82, 2.24) is 0 Å². The third-order valence-electron chi connectivity index (χ3n) is 4.27. The molecule has 1 aliphatic heterocycles. The summed E-state index contributed by atoms with van der Waals surface area (Å²) in [6, 6.07) is 2.79. The van der Waals surface area contributed by atoms with Crippen molar-refractivity contribution in [2.75, 3.05) is 23.7 Å². The average molecular weight is 294 g/mol. The van der Waals surface area contributed by atoms with Crippen LogP contribution in [0.5, 0.6) is 0 Å². The molecule has 0 spiro atoms. The summed E-state index contributed by atoms with van der Waals surface area (Å²) < 4.78 is 13.5. The summed E-state index contributed by atoms with van der Waals surface area (Å²) in [4.78, 5) is 13.5. The Balaban J connectivity index is 2.26. The third-order valence-corrected chi connectivity index (χ3v) is 4.27. The van der Waals surface area contributed by atoms with Gasteiger partial charge in [-0.25, -0.2) is 9.18 Å². The number of nitrogen functional groups attached to an aromatic ring is 1. The molecule has 116 valence electrons. The maximum atomic E-state index is 13.5. The summed E-state index contributed by atoms with van der Waals surface area (Å²) >= 11 is 0. The number of halogens is 1. The zero-order valence-electron chi connectivity index (χ0n) is 12.4. The van der Waals surface area contributed by atoms with Gasteiger partial charge in [0.25, 0.3) is 0 Å². The van der Waals surface area contributed by atoms with E-state index < -0.39 is 11.8 Å². The third kappa shape index (κ3) is 3.46. The van der Waals surface area contributed by atoms with Crippen LogP contribution in [0.25, 0.3) is 0 Å². The highest BCUT2D eigenvalue weighted by Crippen LogP contribution is 2.31. The molecular weight excluding hydrogens is 271 g/mol. The van der Waals surface area contributed by atoms with Crippen LogP contribution in [0.3, 0.4) is 0 Å². The van der Waals surface area contributed by atoms with Crippen molar-refractivity contribution in [3.05, 3.63) is 23.5 Å². The van der Waals surface area contributed by atoms with Gasteiger partial charge in [0.1, 0.15) is 11.4 Å². The van der Waals surface area contributed by atoms with Crippen molar-refractivity contribution >= 4 is 17.3 Å². The first-order chi connectivity index (χ1) is 10.0. The van der Waals surface area contributed by atoms with Crippen LogP contribution in [0, 0.1) is 11.7 Å². The maximum absolute atomic E-state index is 13.5. The molecule has 1 heterocycles. The van der Waals surface area contributed by atoms with E-state index in [-0.39, 0.29) is 11.3 Å². The van der Waals surface area contributed by atoms with Gasteiger partial charge in [-0.2, -0.15) is 0 Å². The van der Waals surface area contributed by atoms with Crippen LogP contribution in [0.15, 0.2) is 12.1 Å². The Hall–Kier alpha value is -1.78. The molecule has 21 heavy (non-hydrogen) atoms. The van der Waals surface area contributed by atoms with Gasteiger partial charge in [0.15, 0.2) is 0 Å². The Morgan fingerprint density at radius 3 is 2.86 bits per heavy atom. The number of anilines is 2. The molecule has 0 bridgehead atoms. The fourth-order valence-electron chi connectivity index (χ4n) is 3.17. The second-order valence-corrected chi connectivity index (χ2v) is 5.73. The highest BCUT2D eigenvalue weighted by atomic mass is 19.1. The lowest BCUT2D eigenvalue weighted by Gasteiger charge is -2.25. The lowest BCUT2D eigenvalue weighted by Crippen LogP contribution is -2.27. The molecule has 3 N–H and O–H groups in total. The molecule has 4 nitrogen and oxygen atoms in total. The molecule has 1 saturated heterocycles. The van der Waals surface area contributed by atoms with Gasteiger partial charge in [-0.05, 0) is 37.3 Å². The van der Waals surface area contributed by atoms with E-state index >= 15 is 0 Å². The molecule has 1 aliphatic rings. The number of carbonyl (C=O) groups is 1. The molecule has 0 radical (unpaired) electrons. The van der Waals surface area contributed by atoms with E-state index in [2.05, 4.69) is 6.92 Å². The first kappa shape index (κ1) is 15.6.